The van der Waals surface area contributed by atoms with E-state index < -0.39 is 0 Å². The zero-order valence-corrected chi connectivity index (χ0v) is 10.6. The van der Waals surface area contributed by atoms with E-state index in [0.717, 1.165) is 12.0 Å². The Kier molecular flexibility index (Phi) is 3.14. The highest BCUT2D eigenvalue weighted by Gasteiger charge is 2.30. The maximum atomic E-state index is 4.08. The van der Waals surface area contributed by atoms with E-state index in [2.05, 4.69) is 15.6 Å². The third kappa shape index (κ3) is 2.51. The molecule has 0 saturated heterocycles. The van der Waals surface area contributed by atoms with Crippen LogP contribution in [0.15, 0.2) is 6.20 Å². The molecule has 17 heavy (non-hydrogen) atoms. The summed E-state index contributed by atoms with van der Waals surface area (Å²) in [5, 5.41) is 11.8. The van der Waals surface area contributed by atoms with E-state index in [1.807, 2.05) is 17.9 Å². The highest BCUT2D eigenvalue weighted by atomic mass is 15.4. The summed E-state index contributed by atoms with van der Waals surface area (Å²) in [6, 6.07) is 0.822. The first-order chi connectivity index (χ1) is 8.34. The van der Waals surface area contributed by atoms with Gasteiger partial charge in [-0.25, -0.2) is 0 Å². The Balaban J connectivity index is 1.68. The molecule has 1 N–H and O–H groups in total. The van der Waals surface area contributed by atoms with Crippen LogP contribution < -0.4 is 5.32 Å². The summed E-state index contributed by atoms with van der Waals surface area (Å²) in [7, 11) is 2.02. The van der Waals surface area contributed by atoms with Gasteiger partial charge in [0.15, 0.2) is 0 Å². The van der Waals surface area contributed by atoms with Crippen LogP contribution in [0, 0.1) is 5.92 Å². The number of hydrogen-bond donors (Lipinski definition) is 1. The minimum absolute atomic E-state index is 0.662. The molecule has 0 amide bonds. The fourth-order valence-electron chi connectivity index (χ4n) is 3.08. The normalized spacial score (nSPS) is 29.5. The molecule has 1 aromatic heterocycles. The third-order valence-electron chi connectivity index (χ3n) is 4.28. The first-order valence-electron chi connectivity index (χ1n) is 6.92. The van der Waals surface area contributed by atoms with Gasteiger partial charge in [-0.3, -0.25) is 4.68 Å². The van der Waals surface area contributed by atoms with Gasteiger partial charge in [0.05, 0.1) is 11.9 Å². The molecule has 0 spiro atoms. The molecule has 2 aliphatic carbocycles. The maximum Gasteiger partial charge on any atom is 0.0728 e. The summed E-state index contributed by atoms with van der Waals surface area (Å²) in [6.07, 6.45) is 10.1. The quantitative estimate of drug-likeness (QED) is 0.864. The van der Waals surface area contributed by atoms with Gasteiger partial charge in [0.25, 0.3) is 0 Å². The molecule has 4 heteroatoms. The van der Waals surface area contributed by atoms with Crippen molar-refractivity contribution in [2.45, 2.75) is 50.5 Å². The van der Waals surface area contributed by atoms with Gasteiger partial charge in [0.1, 0.15) is 0 Å². The number of rotatable bonds is 4. The van der Waals surface area contributed by atoms with Crippen LogP contribution in [0.4, 0.5) is 0 Å². The predicted octanol–water partition coefficient (Wildman–Crippen LogP) is 1.84. The highest BCUT2D eigenvalue weighted by molar-refractivity contribution is 5.07. The first kappa shape index (κ1) is 11.2. The Hall–Kier alpha value is -0.900. The molecule has 3 rings (SSSR count). The van der Waals surface area contributed by atoms with E-state index in [-0.39, 0.29) is 0 Å². The average molecular weight is 234 g/mol. The molecule has 2 fully saturated rings. The smallest absolute Gasteiger partial charge is 0.0728 e. The topological polar surface area (TPSA) is 42.7 Å². The van der Waals surface area contributed by atoms with Gasteiger partial charge < -0.3 is 5.32 Å². The molecule has 2 atom stereocenters. The Morgan fingerprint density at radius 3 is 2.82 bits per heavy atom. The van der Waals surface area contributed by atoms with Crippen LogP contribution in [0.3, 0.4) is 0 Å². The molecule has 94 valence electrons. The van der Waals surface area contributed by atoms with Gasteiger partial charge >= 0.3 is 0 Å². The lowest BCUT2D eigenvalue weighted by atomic mass is 9.77. The van der Waals surface area contributed by atoms with Crippen LogP contribution in [-0.4, -0.2) is 27.6 Å². The van der Waals surface area contributed by atoms with Crippen molar-refractivity contribution in [3.8, 4) is 0 Å². The van der Waals surface area contributed by atoms with Crippen molar-refractivity contribution in [2.24, 2.45) is 13.0 Å². The molecular weight excluding hydrogens is 212 g/mol. The SMILES string of the molecule is Cn1nncc1C1CCCCC1CNC1CC1. The van der Waals surface area contributed by atoms with Crippen molar-refractivity contribution < 1.29 is 0 Å². The largest absolute Gasteiger partial charge is 0.314 e. The average Bonchev–Trinajstić information content (AvgIpc) is 3.09. The monoisotopic (exact) mass is 234 g/mol. The Morgan fingerprint density at radius 1 is 1.29 bits per heavy atom. The van der Waals surface area contributed by atoms with E-state index in [1.54, 1.807) is 0 Å². The Morgan fingerprint density at radius 2 is 2.12 bits per heavy atom. The molecule has 0 bridgehead atoms. The zero-order chi connectivity index (χ0) is 11.7. The zero-order valence-electron chi connectivity index (χ0n) is 10.6. The van der Waals surface area contributed by atoms with Crippen molar-refractivity contribution in [2.75, 3.05) is 6.54 Å². The van der Waals surface area contributed by atoms with Crippen LogP contribution in [0.2, 0.25) is 0 Å². The fraction of sp³-hybridized carbons (Fsp3) is 0.846. The van der Waals surface area contributed by atoms with Crippen LogP contribution in [0.5, 0.6) is 0 Å². The van der Waals surface area contributed by atoms with E-state index >= 15 is 0 Å². The second kappa shape index (κ2) is 4.77. The molecule has 0 aliphatic heterocycles. The molecule has 0 radical (unpaired) electrons. The summed E-state index contributed by atoms with van der Waals surface area (Å²) in [5.41, 5.74) is 1.33. The van der Waals surface area contributed by atoms with Crippen LogP contribution in [-0.2, 0) is 7.05 Å². The second-order valence-corrected chi connectivity index (χ2v) is 5.62. The molecular formula is C13H22N4. The minimum Gasteiger partial charge on any atom is -0.314 e. The molecule has 2 saturated carbocycles. The molecule has 4 nitrogen and oxygen atoms in total. The molecule has 0 aromatic carbocycles. The van der Waals surface area contributed by atoms with E-state index in [9.17, 15) is 0 Å². The molecule has 1 aromatic rings. The molecule has 2 aliphatic rings. The standard InChI is InChI=1S/C13H22N4/c1-17-13(9-15-16-17)12-5-3-2-4-10(12)8-14-11-6-7-11/h9-12,14H,2-8H2,1H3. The van der Waals surface area contributed by atoms with Gasteiger partial charge in [-0.15, -0.1) is 5.10 Å². The number of aromatic nitrogens is 3. The third-order valence-corrected chi connectivity index (χ3v) is 4.28. The molecule has 2 unspecified atom stereocenters. The number of nitrogens with one attached hydrogen (secondary N) is 1. The van der Waals surface area contributed by atoms with Crippen molar-refractivity contribution >= 4 is 0 Å². The van der Waals surface area contributed by atoms with Crippen LogP contribution >= 0.6 is 0 Å². The fourth-order valence-corrected chi connectivity index (χ4v) is 3.08. The second-order valence-electron chi connectivity index (χ2n) is 5.62. The van der Waals surface area contributed by atoms with Gasteiger partial charge in [-0.1, -0.05) is 18.1 Å². The number of hydrogen-bond acceptors (Lipinski definition) is 3. The summed E-state index contributed by atoms with van der Waals surface area (Å²) in [6.45, 7) is 1.18. The summed E-state index contributed by atoms with van der Waals surface area (Å²) in [4.78, 5) is 0. The summed E-state index contributed by atoms with van der Waals surface area (Å²) < 4.78 is 1.96. The Labute approximate surface area is 103 Å². The van der Waals surface area contributed by atoms with Crippen molar-refractivity contribution in [1.29, 1.82) is 0 Å². The summed E-state index contributed by atoms with van der Waals surface area (Å²) >= 11 is 0. The highest BCUT2D eigenvalue weighted by Crippen LogP contribution is 2.37. The Bertz CT molecular complexity index is 369. The van der Waals surface area contributed by atoms with Crippen LogP contribution in [0.1, 0.15) is 50.1 Å². The van der Waals surface area contributed by atoms with Crippen molar-refractivity contribution in [3.05, 3.63) is 11.9 Å². The lowest BCUT2D eigenvalue weighted by Crippen LogP contribution is -2.31. The lowest BCUT2D eigenvalue weighted by Gasteiger charge is -2.31. The van der Waals surface area contributed by atoms with Gasteiger partial charge in [-0.05, 0) is 38.1 Å². The van der Waals surface area contributed by atoms with Gasteiger partial charge in [0, 0.05) is 19.0 Å². The first-order valence-corrected chi connectivity index (χ1v) is 6.92. The van der Waals surface area contributed by atoms with Gasteiger partial charge in [-0.2, -0.15) is 0 Å². The van der Waals surface area contributed by atoms with Crippen molar-refractivity contribution in [1.82, 2.24) is 20.3 Å². The van der Waals surface area contributed by atoms with E-state index in [4.69, 9.17) is 0 Å². The summed E-state index contributed by atoms with van der Waals surface area (Å²) in [5.74, 6) is 1.44. The minimum atomic E-state index is 0.662. The van der Waals surface area contributed by atoms with Crippen molar-refractivity contribution in [3.63, 3.8) is 0 Å². The van der Waals surface area contributed by atoms with E-state index in [1.165, 1.54) is 50.8 Å². The van der Waals surface area contributed by atoms with Gasteiger partial charge in [0.2, 0.25) is 0 Å². The lowest BCUT2D eigenvalue weighted by molar-refractivity contribution is 0.285. The maximum absolute atomic E-state index is 4.08. The van der Waals surface area contributed by atoms with Crippen LogP contribution in [0.25, 0.3) is 0 Å². The number of aryl methyl sites for hydroxylation is 1. The number of nitrogens with zero attached hydrogens (tertiary/aromatic N) is 3. The molecule has 1 heterocycles. The van der Waals surface area contributed by atoms with E-state index in [0.29, 0.717) is 5.92 Å². The predicted molar refractivity (Wildman–Crippen MR) is 66.7 cm³/mol.